The highest BCUT2D eigenvalue weighted by Gasteiger charge is 2.17. The summed E-state index contributed by atoms with van der Waals surface area (Å²) in [6.07, 6.45) is 3.56. The minimum atomic E-state index is -3.82. The van der Waals surface area contributed by atoms with Crippen LogP contribution in [0, 0.1) is 5.82 Å². The van der Waals surface area contributed by atoms with Gasteiger partial charge in [-0.25, -0.2) is 22.5 Å². The first-order chi connectivity index (χ1) is 8.99. The van der Waals surface area contributed by atoms with Gasteiger partial charge in [-0.05, 0) is 18.2 Å². The molecule has 0 aliphatic heterocycles. The summed E-state index contributed by atoms with van der Waals surface area (Å²) in [6.45, 7) is 0.167. The van der Waals surface area contributed by atoms with E-state index in [1.807, 2.05) is 0 Å². The number of rotatable bonds is 5. The molecule has 0 amide bonds. The second-order valence-corrected chi connectivity index (χ2v) is 5.64. The Hall–Kier alpha value is -1.93. The molecule has 0 bridgehead atoms. The molecule has 1 aromatic carbocycles. The first-order valence-electron chi connectivity index (χ1n) is 5.51. The zero-order valence-corrected chi connectivity index (χ0v) is 10.7. The minimum Gasteiger partial charge on any atom is -0.398 e. The zero-order chi connectivity index (χ0) is 13.9. The van der Waals surface area contributed by atoms with Crippen molar-refractivity contribution in [2.45, 2.75) is 11.3 Å². The maximum atomic E-state index is 13.1. The van der Waals surface area contributed by atoms with Crippen molar-refractivity contribution in [1.29, 1.82) is 0 Å². The van der Waals surface area contributed by atoms with Gasteiger partial charge >= 0.3 is 0 Å². The molecule has 0 fully saturated rings. The number of halogens is 1. The molecule has 1 aromatic heterocycles. The topological polar surface area (TPSA) is 101 Å². The Labute approximate surface area is 109 Å². The van der Waals surface area contributed by atoms with Crippen LogP contribution >= 0.6 is 0 Å². The molecular formula is C11H13FN4O2S. The number of nitrogens with two attached hydrogens (primary N) is 1. The highest BCUT2D eigenvalue weighted by atomic mass is 32.2. The summed E-state index contributed by atoms with van der Waals surface area (Å²) < 4.78 is 39.3. The van der Waals surface area contributed by atoms with Gasteiger partial charge < -0.3 is 10.7 Å². The van der Waals surface area contributed by atoms with Crippen LogP contribution in [0.2, 0.25) is 0 Å². The number of imidazole rings is 1. The lowest BCUT2D eigenvalue weighted by Crippen LogP contribution is -2.27. The quantitative estimate of drug-likeness (QED) is 0.702. The van der Waals surface area contributed by atoms with E-state index in [0.717, 1.165) is 17.8 Å². The van der Waals surface area contributed by atoms with E-state index in [0.29, 0.717) is 6.42 Å². The molecule has 0 unspecified atom stereocenters. The Morgan fingerprint density at radius 1 is 1.42 bits per heavy atom. The number of nitrogens with one attached hydrogen (secondary N) is 2. The molecule has 19 heavy (non-hydrogen) atoms. The molecule has 0 saturated heterocycles. The number of aromatic amines is 1. The smallest absolute Gasteiger partial charge is 0.242 e. The first kappa shape index (κ1) is 13.5. The summed E-state index contributed by atoms with van der Waals surface area (Å²) in [4.78, 5) is 6.42. The number of hydrogen-bond donors (Lipinski definition) is 3. The van der Waals surface area contributed by atoms with Gasteiger partial charge in [0.05, 0.1) is 12.0 Å². The summed E-state index contributed by atoms with van der Waals surface area (Å²) in [7, 11) is -3.82. The number of hydrogen-bond acceptors (Lipinski definition) is 4. The van der Waals surface area contributed by atoms with Crippen LogP contribution in [0.3, 0.4) is 0 Å². The Kier molecular flexibility index (Phi) is 3.82. The van der Waals surface area contributed by atoms with E-state index < -0.39 is 15.8 Å². The molecule has 2 rings (SSSR count). The molecule has 0 spiro atoms. The fraction of sp³-hybridized carbons (Fsp3) is 0.182. The van der Waals surface area contributed by atoms with Crippen molar-refractivity contribution in [2.24, 2.45) is 0 Å². The lowest BCUT2D eigenvalue weighted by Gasteiger charge is -2.08. The summed E-state index contributed by atoms with van der Waals surface area (Å²) in [6, 6.07) is 3.23. The highest BCUT2D eigenvalue weighted by molar-refractivity contribution is 7.89. The lowest BCUT2D eigenvalue weighted by atomic mass is 10.3. The van der Waals surface area contributed by atoms with E-state index in [-0.39, 0.29) is 17.1 Å². The predicted octanol–water partition coefficient (Wildman–Crippen LogP) is 0.652. The van der Waals surface area contributed by atoms with Crippen LogP contribution in [-0.4, -0.2) is 24.9 Å². The molecule has 102 valence electrons. The number of H-pyrrole nitrogens is 1. The second kappa shape index (κ2) is 5.37. The van der Waals surface area contributed by atoms with Gasteiger partial charge in [0.1, 0.15) is 10.7 Å². The fourth-order valence-corrected chi connectivity index (χ4v) is 2.73. The van der Waals surface area contributed by atoms with Crippen molar-refractivity contribution in [2.75, 3.05) is 12.3 Å². The maximum absolute atomic E-state index is 13.1. The van der Waals surface area contributed by atoms with Gasteiger partial charge in [0, 0.05) is 24.9 Å². The summed E-state index contributed by atoms with van der Waals surface area (Å²) in [5, 5.41) is 0. The van der Waals surface area contributed by atoms with E-state index >= 15 is 0 Å². The second-order valence-electron chi connectivity index (χ2n) is 3.91. The van der Waals surface area contributed by atoms with E-state index in [9.17, 15) is 12.8 Å². The van der Waals surface area contributed by atoms with Crippen LogP contribution in [0.4, 0.5) is 10.1 Å². The summed E-state index contributed by atoms with van der Waals surface area (Å²) in [5.41, 5.74) is 6.35. The summed E-state index contributed by atoms with van der Waals surface area (Å²) >= 11 is 0. The summed E-state index contributed by atoms with van der Waals surface area (Å²) in [5.74, 6) is -0.650. The number of nitrogen functional groups attached to an aromatic ring is 1. The van der Waals surface area contributed by atoms with Crippen molar-refractivity contribution < 1.29 is 12.8 Å². The Morgan fingerprint density at radius 2 is 2.21 bits per heavy atom. The Bertz CT molecular complexity index is 655. The van der Waals surface area contributed by atoms with Crippen LogP contribution in [0.5, 0.6) is 0 Å². The van der Waals surface area contributed by atoms with Crippen LogP contribution in [0.25, 0.3) is 0 Å². The number of aromatic nitrogens is 2. The van der Waals surface area contributed by atoms with Gasteiger partial charge in [0.2, 0.25) is 10.0 Å². The van der Waals surface area contributed by atoms with E-state index in [4.69, 9.17) is 5.73 Å². The van der Waals surface area contributed by atoms with Crippen LogP contribution in [0.1, 0.15) is 5.69 Å². The first-order valence-corrected chi connectivity index (χ1v) is 6.99. The van der Waals surface area contributed by atoms with Gasteiger partial charge in [-0.3, -0.25) is 0 Å². The van der Waals surface area contributed by atoms with Gasteiger partial charge in [0.15, 0.2) is 0 Å². The molecule has 0 aliphatic carbocycles. The van der Waals surface area contributed by atoms with E-state index in [1.54, 1.807) is 6.20 Å². The minimum absolute atomic E-state index is 0.00967. The molecule has 6 nitrogen and oxygen atoms in total. The highest BCUT2D eigenvalue weighted by Crippen LogP contribution is 2.18. The fourth-order valence-electron chi connectivity index (χ4n) is 1.56. The van der Waals surface area contributed by atoms with Gasteiger partial charge in [-0.1, -0.05) is 0 Å². The van der Waals surface area contributed by atoms with E-state index in [1.165, 1.54) is 12.4 Å². The number of nitrogens with zero attached hydrogens (tertiary/aromatic N) is 1. The number of benzene rings is 1. The third-order valence-corrected chi connectivity index (χ3v) is 4.02. The molecule has 0 radical (unpaired) electrons. The molecule has 1 heterocycles. The van der Waals surface area contributed by atoms with E-state index in [2.05, 4.69) is 14.7 Å². The van der Waals surface area contributed by atoms with Crippen molar-refractivity contribution >= 4 is 15.7 Å². The van der Waals surface area contributed by atoms with Gasteiger partial charge in [-0.2, -0.15) is 0 Å². The molecule has 4 N–H and O–H groups in total. The monoisotopic (exact) mass is 284 g/mol. The lowest BCUT2D eigenvalue weighted by molar-refractivity contribution is 0.578. The third-order valence-electron chi connectivity index (χ3n) is 2.51. The predicted molar refractivity (Wildman–Crippen MR) is 68.3 cm³/mol. The largest absolute Gasteiger partial charge is 0.398 e. The normalized spacial score (nSPS) is 11.6. The standard InChI is InChI=1S/C11H13FN4O2S/c12-8-1-2-10(13)11(5-8)19(17,18)16-4-3-9-6-14-7-15-9/h1-2,5-7,16H,3-4,13H2,(H,14,15). The molecule has 0 atom stereocenters. The van der Waals surface area contributed by atoms with Crippen molar-refractivity contribution in [3.05, 3.63) is 42.2 Å². The third kappa shape index (κ3) is 3.30. The molecule has 0 aliphatic rings. The Morgan fingerprint density at radius 3 is 2.89 bits per heavy atom. The van der Waals surface area contributed by atoms with Gasteiger partial charge in [0.25, 0.3) is 0 Å². The molecular weight excluding hydrogens is 271 g/mol. The average molecular weight is 284 g/mol. The van der Waals surface area contributed by atoms with Crippen molar-refractivity contribution in [1.82, 2.24) is 14.7 Å². The number of anilines is 1. The van der Waals surface area contributed by atoms with Crippen LogP contribution < -0.4 is 10.5 Å². The number of sulfonamides is 1. The molecule has 0 saturated carbocycles. The zero-order valence-electron chi connectivity index (χ0n) is 9.93. The average Bonchev–Trinajstić information content (AvgIpc) is 2.85. The van der Waals surface area contributed by atoms with Crippen LogP contribution in [-0.2, 0) is 16.4 Å². The maximum Gasteiger partial charge on any atom is 0.242 e. The molecule has 8 heteroatoms. The van der Waals surface area contributed by atoms with Crippen LogP contribution in [0.15, 0.2) is 35.6 Å². The van der Waals surface area contributed by atoms with Gasteiger partial charge in [-0.15, -0.1) is 0 Å². The Balaban J connectivity index is 2.07. The molecule has 2 aromatic rings. The van der Waals surface area contributed by atoms with Crippen molar-refractivity contribution in [3.8, 4) is 0 Å². The van der Waals surface area contributed by atoms with Crippen molar-refractivity contribution in [3.63, 3.8) is 0 Å². The SMILES string of the molecule is Nc1ccc(F)cc1S(=O)(=O)NCCc1cnc[nH]1.